The third kappa shape index (κ3) is 5.37. The van der Waals surface area contributed by atoms with Crippen LogP contribution in [0.15, 0.2) is 78.9 Å². The smallest absolute Gasteiger partial charge is 0.266 e. The summed E-state index contributed by atoms with van der Waals surface area (Å²) in [5, 5.41) is 4.90. The predicted octanol–water partition coefficient (Wildman–Crippen LogP) is 7.52. The van der Waals surface area contributed by atoms with E-state index in [1.165, 1.54) is 11.3 Å². The van der Waals surface area contributed by atoms with Gasteiger partial charge in [0.2, 0.25) is 0 Å². The fourth-order valence-electron chi connectivity index (χ4n) is 4.85. The molecule has 0 bridgehead atoms. The molecule has 0 radical (unpaired) electrons. The summed E-state index contributed by atoms with van der Waals surface area (Å²) in [6.45, 7) is 0.518. The zero-order valence-corrected chi connectivity index (χ0v) is 21.3. The first-order chi connectivity index (χ1) is 17.1. The summed E-state index contributed by atoms with van der Waals surface area (Å²) in [7, 11) is 2.02. The number of benzene rings is 3. The Kier molecular flexibility index (Phi) is 7.37. The fraction of sp³-hybridized carbons (Fsp3) is 0.276. The summed E-state index contributed by atoms with van der Waals surface area (Å²) in [5.74, 6) is 1.57. The van der Waals surface area contributed by atoms with E-state index >= 15 is 0 Å². The second-order valence-electron chi connectivity index (χ2n) is 9.03. The lowest BCUT2D eigenvalue weighted by Gasteiger charge is -2.37. The second-order valence-corrected chi connectivity index (χ2v) is 10.5. The number of amides is 1. The van der Waals surface area contributed by atoms with Gasteiger partial charge in [-0.1, -0.05) is 60.1 Å². The predicted molar refractivity (Wildman–Crippen MR) is 145 cm³/mol. The van der Waals surface area contributed by atoms with Crippen molar-refractivity contribution >= 4 is 38.9 Å². The average Bonchev–Trinajstić information content (AvgIpc) is 3.24. The van der Waals surface area contributed by atoms with Gasteiger partial charge in [-0.2, -0.15) is 0 Å². The number of hydrogen-bond acceptors (Lipinski definition) is 4. The third-order valence-electron chi connectivity index (χ3n) is 6.77. The number of para-hydroxylation sites is 1. The lowest BCUT2D eigenvalue weighted by atomic mass is 9.90. The Labute approximate surface area is 215 Å². The molecule has 0 spiro atoms. The molecule has 180 valence electrons. The van der Waals surface area contributed by atoms with Crippen molar-refractivity contribution in [2.75, 3.05) is 7.05 Å². The van der Waals surface area contributed by atoms with Gasteiger partial charge in [-0.15, -0.1) is 11.3 Å². The maximum absolute atomic E-state index is 14.0. The highest BCUT2D eigenvalue weighted by Crippen LogP contribution is 2.37. The number of hydrogen-bond donors (Lipinski definition) is 1. The largest absolute Gasteiger partial charge is 0.457 e. The van der Waals surface area contributed by atoms with Crippen molar-refractivity contribution in [2.24, 2.45) is 0 Å². The maximum Gasteiger partial charge on any atom is 0.266 e. The summed E-state index contributed by atoms with van der Waals surface area (Å²) < 4.78 is 7.09. The first-order valence-corrected chi connectivity index (χ1v) is 13.3. The molecule has 0 unspecified atom stereocenters. The molecule has 1 aromatic heterocycles. The number of nitrogens with zero attached hydrogens (tertiary/aromatic N) is 1. The standard InChI is InChI=1S/C29H29ClN2O2S/c1-31-21-14-16-22(17-15-21)32(29(33)28-27(30)25-12-5-6-13-26(25)35-28)19-20-8-7-11-24(18-20)34-23-9-3-2-4-10-23/h2-13,18,21-22,31H,14-17,19H2,1H3. The van der Waals surface area contributed by atoms with E-state index in [4.69, 9.17) is 16.3 Å². The Hall–Kier alpha value is -2.86. The fourth-order valence-corrected chi connectivity index (χ4v) is 6.32. The highest BCUT2D eigenvalue weighted by atomic mass is 35.5. The molecule has 1 N–H and O–H groups in total. The Morgan fingerprint density at radius 2 is 1.69 bits per heavy atom. The normalized spacial score (nSPS) is 17.9. The van der Waals surface area contributed by atoms with Gasteiger partial charge in [-0.25, -0.2) is 0 Å². The molecule has 1 aliphatic carbocycles. The van der Waals surface area contributed by atoms with Gasteiger partial charge in [-0.3, -0.25) is 4.79 Å². The zero-order chi connectivity index (χ0) is 24.2. The third-order valence-corrected chi connectivity index (χ3v) is 8.43. The van der Waals surface area contributed by atoms with Gasteiger partial charge in [0.05, 0.1) is 5.02 Å². The molecule has 4 aromatic rings. The first kappa shape index (κ1) is 23.9. The lowest BCUT2D eigenvalue weighted by molar-refractivity contribution is 0.0606. The van der Waals surface area contributed by atoms with Crippen LogP contribution in [0.4, 0.5) is 0 Å². The number of thiophene rings is 1. The van der Waals surface area contributed by atoms with Crippen LogP contribution in [-0.2, 0) is 6.54 Å². The minimum atomic E-state index is 0.0125. The van der Waals surface area contributed by atoms with E-state index in [1.54, 1.807) is 0 Å². The van der Waals surface area contributed by atoms with E-state index in [9.17, 15) is 4.79 Å². The average molecular weight is 505 g/mol. The van der Waals surface area contributed by atoms with Gasteiger partial charge in [0.1, 0.15) is 16.4 Å². The van der Waals surface area contributed by atoms with Crippen LogP contribution in [0.25, 0.3) is 10.1 Å². The molecule has 1 aliphatic rings. The van der Waals surface area contributed by atoms with E-state index in [-0.39, 0.29) is 11.9 Å². The monoisotopic (exact) mass is 504 g/mol. The van der Waals surface area contributed by atoms with Crippen LogP contribution in [0.1, 0.15) is 40.9 Å². The summed E-state index contributed by atoms with van der Waals surface area (Å²) in [6.07, 6.45) is 4.06. The maximum atomic E-state index is 14.0. The Morgan fingerprint density at radius 1 is 0.971 bits per heavy atom. The summed E-state index contributed by atoms with van der Waals surface area (Å²) in [4.78, 5) is 16.6. The number of fused-ring (bicyclic) bond motifs is 1. The van der Waals surface area contributed by atoms with E-state index in [0.29, 0.717) is 22.5 Å². The number of nitrogens with one attached hydrogen (secondary N) is 1. The van der Waals surface area contributed by atoms with Crippen molar-refractivity contribution in [3.05, 3.63) is 94.3 Å². The quantitative estimate of drug-likeness (QED) is 0.283. The highest BCUT2D eigenvalue weighted by Gasteiger charge is 2.31. The molecule has 0 saturated heterocycles. The van der Waals surface area contributed by atoms with Crippen LogP contribution in [0.3, 0.4) is 0 Å². The van der Waals surface area contributed by atoms with Crippen LogP contribution in [0, 0.1) is 0 Å². The minimum absolute atomic E-state index is 0.0125. The Bertz CT molecular complexity index is 1300. The molecule has 3 aromatic carbocycles. The molecule has 4 nitrogen and oxygen atoms in total. The molecular formula is C29H29ClN2O2S. The zero-order valence-electron chi connectivity index (χ0n) is 19.7. The minimum Gasteiger partial charge on any atom is -0.457 e. The van der Waals surface area contributed by atoms with Gasteiger partial charge >= 0.3 is 0 Å². The molecule has 35 heavy (non-hydrogen) atoms. The second kappa shape index (κ2) is 10.8. The molecule has 0 aliphatic heterocycles. The van der Waals surface area contributed by atoms with Crippen LogP contribution < -0.4 is 10.1 Å². The summed E-state index contributed by atoms with van der Waals surface area (Å²) in [5.41, 5.74) is 1.04. The van der Waals surface area contributed by atoms with Crippen molar-refractivity contribution in [1.29, 1.82) is 0 Å². The van der Waals surface area contributed by atoms with Gasteiger partial charge in [0.25, 0.3) is 5.91 Å². The van der Waals surface area contributed by atoms with Crippen molar-refractivity contribution in [3.63, 3.8) is 0 Å². The van der Waals surface area contributed by atoms with Crippen LogP contribution in [0.2, 0.25) is 5.02 Å². The highest BCUT2D eigenvalue weighted by molar-refractivity contribution is 7.21. The van der Waals surface area contributed by atoms with E-state index in [2.05, 4.69) is 11.4 Å². The molecule has 1 fully saturated rings. The SMILES string of the molecule is CNC1CCC(N(Cc2cccc(Oc3ccccc3)c2)C(=O)c2sc3ccccc3c2Cl)CC1. The molecule has 5 rings (SSSR count). The number of ether oxygens (including phenoxy) is 1. The summed E-state index contributed by atoms with van der Waals surface area (Å²) >= 11 is 8.22. The van der Waals surface area contributed by atoms with Crippen molar-refractivity contribution in [1.82, 2.24) is 10.2 Å². The number of carbonyl (C=O) groups excluding carboxylic acids is 1. The van der Waals surface area contributed by atoms with Crippen molar-refractivity contribution < 1.29 is 9.53 Å². The first-order valence-electron chi connectivity index (χ1n) is 12.1. The van der Waals surface area contributed by atoms with E-state index in [1.807, 2.05) is 84.7 Å². The van der Waals surface area contributed by atoms with Gasteiger partial charge in [-0.05, 0) is 68.6 Å². The Morgan fingerprint density at radius 3 is 2.43 bits per heavy atom. The van der Waals surface area contributed by atoms with Crippen LogP contribution in [-0.4, -0.2) is 29.9 Å². The number of rotatable bonds is 7. The molecule has 0 atom stereocenters. The number of halogens is 1. The number of carbonyl (C=O) groups is 1. The molecule has 1 saturated carbocycles. The Balaban J connectivity index is 1.43. The molecule has 1 amide bonds. The molecule has 1 heterocycles. The van der Waals surface area contributed by atoms with Gasteiger partial charge in [0, 0.05) is 28.7 Å². The van der Waals surface area contributed by atoms with Crippen molar-refractivity contribution in [2.45, 2.75) is 44.3 Å². The van der Waals surface area contributed by atoms with Gasteiger partial charge < -0.3 is 15.0 Å². The van der Waals surface area contributed by atoms with Crippen LogP contribution in [0.5, 0.6) is 11.5 Å². The van der Waals surface area contributed by atoms with Crippen LogP contribution >= 0.6 is 22.9 Å². The summed E-state index contributed by atoms with van der Waals surface area (Å²) in [6, 6.07) is 26.4. The molecule has 6 heteroatoms. The van der Waals surface area contributed by atoms with E-state index < -0.39 is 0 Å². The van der Waals surface area contributed by atoms with Crippen molar-refractivity contribution in [3.8, 4) is 11.5 Å². The lowest BCUT2D eigenvalue weighted by Crippen LogP contribution is -2.44. The topological polar surface area (TPSA) is 41.6 Å². The molecular weight excluding hydrogens is 476 g/mol. The van der Waals surface area contributed by atoms with Gasteiger partial charge in [0.15, 0.2) is 0 Å². The van der Waals surface area contributed by atoms with E-state index in [0.717, 1.165) is 52.8 Å².